The first-order valence-corrected chi connectivity index (χ1v) is 11.2. The molecular weight excluding hydrogens is 509 g/mol. The van der Waals surface area contributed by atoms with Crippen LogP contribution >= 0.6 is 35.3 Å². The number of hydrogen-bond donors (Lipinski definition) is 2. The van der Waals surface area contributed by atoms with Gasteiger partial charge in [-0.2, -0.15) is 0 Å². The van der Waals surface area contributed by atoms with Crippen molar-refractivity contribution in [3.63, 3.8) is 0 Å². The molecule has 1 aliphatic rings. The molecule has 3 heterocycles. The van der Waals surface area contributed by atoms with Crippen molar-refractivity contribution in [3.8, 4) is 0 Å². The average Bonchev–Trinajstić information content (AvgIpc) is 3.30. The fraction of sp³-hybridized carbons (Fsp3) is 0.571. The molecule has 2 aromatic heterocycles. The van der Waals surface area contributed by atoms with E-state index in [1.165, 1.54) is 4.88 Å². The van der Waals surface area contributed by atoms with E-state index in [-0.39, 0.29) is 29.4 Å². The smallest absolute Gasteiger partial charge is 0.225 e. The number of thiophene rings is 1. The van der Waals surface area contributed by atoms with E-state index in [1.54, 1.807) is 0 Å². The topological polar surface area (TPSA) is 68.7 Å². The van der Waals surface area contributed by atoms with Gasteiger partial charge in [0, 0.05) is 69.0 Å². The maximum absolute atomic E-state index is 4.36. The van der Waals surface area contributed by atoms with Gasteiger partial charge in [-0.3, -0.25) is 9.89 Å². The molecule has 0 radical (unpaired) electrons. The lowest BCUT2D eigenvalue weighted by molar-refractivity contribution is 0.254. The Hall–Kier alpha value is -1.46. The molecule has 1 aliphatic heterocycles. The number of rotatable bonds is 8. The number of anilines is 1. The van der Waals surface area contributed by atoms with Crippen molar-refractivity contribution in [1.82, 2.24) is 25.5 Å². The van der Waals surface area contributed by atoms with E-state index >= 15 is 0 Å². The molecule has 0 saturated carbocycles. The Bertz CT molecular complexity index is 744. The number of aromatic nitrogens is 2. The second kappa shape index (κ2) is 12.4. The van der Waals surface area contributed by atoms with Crippen molar-refractivity contribution >= 4 is 47.2 Å². The lowest BCUT2D eigenvalue weighted by Gasteiger charge is -2.34. The maximum atomic E-state index is 4.36. The molecule has 0 bridgehead atoms. The quantitative estimate of drug-likeness (QED) is 0.231. The summed E-state index contributed by atoms with van der Waals surface area (Å²) in [7, 11) is 1.83. The van der Waals surface area contributed by atoms with Crippen LogP contribution in [0.5, 0.6) is 0 Å². The lowest BCUT2D eigenvalue weighted by Crippen LogP contribution is -2.48. The molecule has 30 heavy (non-hydrogen) atoms. The highest BCUT2D eigenvalue weighted by atomic mass is 127. The molecule has 9 heteroatoms. The molecule has 1 saturated heterocycles. The fourth-order valence-corrected chi connectivity index (χ4v) is 4.26. The fourth-order valence-electron chi connectivity index (χ4n) is 3.41. The Labute approximate surface area is 201 Å². The molecule has 0 amide bonds. The lowest BCUT2D eigenvalue weighted by atomic mass is 9.91. The minimum absolute atomic E-state index is 0. The van der Waals surface area contributed by atoms with Gasteiger partial charge in [0.15, 0.2) is 5.96 Å². The van der Waals surface area contributed by atoms with Gasteiger partial charge in [0.1, 0.15) is 0 Å². The molecule has 166 valence electrons. The summed E-state index contributed by atoms with van der Waals surface area (Å²) >= 11 is 1.81. The number of nitrogens with zero attached hydrogens (tertiary/aromatic N) is 5. The Morgan fingerprint density at radius 1 is 1.13 bits per heavy atom. The van der Waals surface area contributed by atoms with Gasteiger partial charge in [-0.25, -0.2) is 9.97 Å². The third-order valence-electron chi connectivity index (χ3n) is 5.26. The second-order valence-electron chi connectivity index (χ2n) is 7.94. The molecule has 1 fully saturated rings. The van der Waals surface area contributed by atoms with Crippen molar-refractivity contribution < 1.29 is 0 Å². The predicted molar refractivity (Wildman–Crippen MR) is 137 cm³/mol. The molecule has 7 nitrogen and oxygen atoms in total. The van der Waals surface area contributed by atoms with Gasteiger partial charge < -0.3 is 15.5 Å². The largest absolute Gasteiger partial charge is 0.356 e. The number of halogens is 1. The summed E-state index contributed by atoms with van der Waals surface area (Å²) in [6, 6.07) is 6.17. The molecule has 0 atom stereocenters. The number of hydrogen-bond acceptors (Lipinski definition) is 6. The zero-order chi connectivity index (χ0) is 20.5. The summed E-state index contributed by atoms with van der Waals surface area (Å²) < 4.78 is 0. The highest BCUT2D eigenvalue weighted by molar-refractivity contribution is 14.0. The van der Waals surface area contributed by atoms with Gasteiger partial charge in [0.25, 0.3) is 0 Å². The first kappa shape index (κ1) is 24.8. The average molecular weight is 544 g/mol. The SMILES string of the molecule is CN=C(NCCCN1CCN(c2ncccn2)CC1)NCC(C)(C)c1cccs1.I. The Morgan fingerprint density at radius 3 is 2.50 bits per heavy atom. The van der Waals surface area contributed by atoms with E-state index < -0.39 is 0 Å². The van der Waals surface area contributed by atoms with Crippen LogP contribution in [-0.4, -0.2) is 73.7 Å². The number of nitrogens with one attached hydrogen (secondary N) is 2. The first-order chi connectivity index (χ1) is 14.1. The Balaban J connectivity index is 0.00000320. The van der Waals surface area contributed by atoms with E-state index in [1.807, 2.05) is 36.8 Å². The van der Waals surface area contributed by atoms with Gasteiger partial charge >= 0.3 is 0 Å². The van der Waals surface area contributed by atoms with Crippen LogP contribution in [0.25, 0.3) is 0 Å². The zero-order valence-electron chi connectivity index (χ0n) is 18.2. The molecule has 0 aromatic carbocycles. The highest BCUT2D eigenvalue weighted by Gasteiger charge is 2.22. The molecule has 0 unspecified atom stereocenters. The molecule has 2 aromatic rings. The predicted octanol–water partition coefficient (Wildman–Crippen LogP) is 2.81. The minimum atomic E-state index is 0. The van der Waals surface area contributed by atoms with E-state index in [2.05, 4.69) is 66.8 Å². The van der Waals surface area contributed by atoms with Crippen molar-refractivity contribution in [2.45, 2.75) is 25.7 Å². The molecular formula is C21H34IN7S. The van der Waals surface area contributed by atoms with Gasteiger partial charge in [0.05, 0.1) is 0 Å². The monoisotopic (exact) mass is 543 g/mol. The van der Waals surface area contributed by atoms with Gasteiger partial charge in [-0.1, -0.05) is 19.9 Å². The molecule has 0 spiro atoms. The van der Waals surface area contributed by atoms with E-state index in [0.717, 1.165) is 64.1 Å². The molecule has 2 N–H and O–H groups in total. The van der Waals surface area contributed by atoms with E-state index in [9.17, 15) is 0 Å². The number of aliphatic imine (C=N–C) groups is 1. The maximum Gasteiger partial charge on any atom is 0.225 e. The standard InChI is InChI=1S/C21H33N7S.HI/c1-21(2,18-7-4-16-29-18)17-26-19(22-3)23-10-6-11-27-12-14-28(15-13-27)20-24-8-5-9-25-20;/h4-5,7-9,16H,6,10-15,17H2,1-3H3,(H2,22,23,26);1H. The summed E-state index contributed by atoms with van der Waals surface area (Å²) in [5.74, 6) is 1.72. The summed E-state index contributed by atoms with van der Waals surface area (Å²) in [4.78, 5) is 19.2. The molecule has 3 rings (SSSR count). The first-order valence-electron chi connectivity index (χ1n) is 10.3. The third-order valence-corrected chi connectivity index (χ3v) is 6.50. The van der Waals surface area contributed by atoms with Crippen LogP contribution in [0.4, 0.5) is 5.95 Å². The Morgan fingerprint density at radius 2 is 1.87 bits per heavy atom. The summed E-state index contributed by atoms with van der Waals surface area (Å²) in [5.41, 5.74) is 0.0912. The third kappa shape index (κ3) is 7.35. The van der Waals surface area contributed by atoms with Crippen LogP contribution in [0.2, 0.25) is 0 Å². The van der Waals surface area contributed by atoms with Crippen molar-refractivity contribution in [2.75, 3.05) is 57.8 Å². The molecule has 0 aliphatic carbocycles. The van der Waals surface area contributed by atoms with Crippen LogP contribution in [0.1, 0.15) is 25.1 Å². The van der Waals surface area contributed by atoms with Crippen LogP contribution in [0.3, 0.4) is 0 Å². The van der Waals surface area contributed by atoms with Crippen LogP contribution in [-0.2, 0) is 5.41 Å². The van der Waals surface area contributed by atoms with Crippen LogP contribution < -0.4 is 15.5 Å². The summed E-state index contributed by atoms with van der Waals surface area (Å²) in [6.07, 6.45) is 4.71. The van der Waals surface area contributed by atoms with Crippen LogP contribution in [0, 0.1) is 0 Å². The summed E-state index contributed by atoms with van der Waals surface area (Å²) in [6.45, 7) is 11.5. The highest BCUT2D eigenvalue weighted by Crippen LogP contribution is 2.26. The minimum Gasteiger partial charge on any atom is -0.356 e. The zero-order valence-corrected chi connectivity index (χ0v) is 21.3. The van der Waals surface area contributed by atoms with E-state index in [4.69, 9.17) is 0 Å². The summed E-state index contributed by atoms with van der Waals surface area (Å²) in [5, 5.41) is 9.05. The van der Waals surface area contributed by atoms with E-state index in [0.29, 0.717) is 0 Å². The van der Waals surface area contributed by atoms with Gasteiger partial charge in [0.2, 0.25) is 5.95 Å². The van der Waals surface area contributed by atoms with Gasteiger partial charge in [-0.05, 0) is 30.5 Å². The van der Waals surface area contributed by atoms with Crippen molar-refractivity contribution in [3.05, 3.63) is 40.8 Å². The Kier molecular flexibility index (Phi) is 10.3. The van der Waals surface area contributed by atoms with Crippen LogP contribution in [0.15, 0.2) is 41.0 Å². The number of piperazine rings is 1. The second-order valence-corrected chi connectivity index (χ2v) is 8.89. The van der Waals surface area contributed by atoms with Crippen molar-refractivity contribution in [2.24, 2.45) is 4.99 Å². The van der Waals surface area contributed by atoms with Gasteiger partial charge in [-0.15, -0.1) is 35.3 Å². The normalized spacial score (nSPS) is 15.6. The van der Waals surface area contributed by atoms with Crippen molar-refractivity contribution in [1.29, 1.82) is 0 Å². The number of guanidine groups is 1.